The summed E-state index contributed by atoms with van der Waals surface area (Å²) in [6, 6.07) is 0. The van der Waals surface area contributed by atoms with E-state index in [2.05, 4.69) is 0 Å². The molecule has 1 unspecified atom stereocenters. The van der Waals surface area contributed by atoms with Crippen molar-refractivity contribution in [2.24, 2.45) is 10.8 Å². The zero-order valence-corrected chi connectivity index (χ0v) is 16.4. The lowest BCUT2D eigenvalue weighted by Gasteiger charge is -2.22. The Hall–Kier alpha value is -0.610. The highest BCUT2D eigenvalue weighted by Crippen LogP contribution is 2.52. The quantitative estimate of drug-likeness (QED) is 0.343. The summed E-state index contributed by atoms with van der Waals surface area (Å²) in [6.07, 6.45) is 14.2. The van der Waals surface area contributed by atoms with Gasteiger partial charge in [0, 0.05) is 6.61 Å². The van der Waals surface area contributed by atoms with Gasteiger partial charge in [-0.1, -0.05) is 52.4 Å². The molecular formula is C21H40O4. The van der Waals surface area contributed by atoms with Crippen LogP contribution in [0.1, 0.15) is 104 Å². The zero-order chi connectivity index (χ0) is 18.8. The van der Waals surface area contributed by atoms with Gasteiger partial charge in [-0.3, -0.25) is 4.79 Å². The first-order valence-corrected chi connectivity index (χ1v) is 10.3. The van der Waals surface area contributed by atoms with Crippen LogP contribution in [-0.4, -0.2) is 34.0 Å². The Bertz CT molecular complexity index is 374. The van der Waals surface area contributed by atoms with Gasteiger partial charge in [0.05, 0.1) is 12.5 Å². The standard InChI is InChI=1S/C21H40O4/c1-20(2,17-19(24)25)11-7-3-5-9-18(23)10-6-4-8-12-21(13-14-21)15-16-22/h18,22-23H,3-17H2,1-2H3,(H,24,25). The van der Waals surface area contributed by atoms with Gasteiger partial charge in [0.1, 0.15) is 0 Å². The van der Waals surface area contributed by atoms with E-state index in [9.17, 15) is 9.90 Å². The second-order valence-corrected chi connectivity index (χ2v) is 9.06. The molecule has 0 spiro atoms. The van der Waals surface area contributed by atoms with Crippen molar-refractivity contribution in [3.63, 3.8) is 0 Å². The molecule has 3 N–H and O–H groups in total. The summed E-state index contributed by atoms with van der Waals surface area (Å²) in [4.78, 5) is 10.8. The fourth-order valence-corrected chi connectivity index (χ4v) is 3.90. The summed E-state index contributed by atoms with van der Waals surface area (Å²) >= 11 is 0. The highest BCUT2D eigenvalue weighted by Gasteiger charge is 2.40. The molecule has 0 aromatic carbocycles. The largest absolute Gasteiger partial charge is 0.481 e. The fraction of sp³-hybridized carbons (Fsp3) is 0.952. The molecule has 4 nitrogen and oxygen atoms in total. The summed E-state index contributed by atoms with van der Waals surface area (Å²) in [5.41, 5.74) is 0.348. The van der Waals surface area contributed by atoms with Gasteiger partial charge in [0.2, 0.25) is 0 Å². The predicted molar refractivity (Wildman–Crippen MR) is 102 cm³/mol. The lowest BCUT2D eigenvalue weighted by Crippen LogP contribution is -2.16. The number of carboxylic acid groups (broad SMARTS) is 1. The molecule has 0 heterocycles. The van der Waals surface area contributed by atoms with E-state index < -0.39 is 5.97 Å². The lowest BCUT2D eigenvalue weighted by molar-refractivity contribution is -0.139. The maximum atomic E-state index is 10.8. The SMILES string of the molecule is CC(C)(CCCCCC(O)CCCCCC1(CCO)CC1)CC(=O)O. The van der Waals surface area contributed by atoms with Crippen molar-refractivity contribution < 1.29 is 20.1 Å². The summed E-state index contributed by atoms with van der Waals surface area (Å²) in [7, 11) is 0. The number of carbonyl (C=O) groups is 1. The van der Waals surface area contributed by atoms with Crippen LogP contribution in [0.25, 0.3) is 0 Å². The van der Waals surface area contributed by atoms with E-state index in [0.717, 1.165) is 51.4 Å². The average molecular weight is 357 g/mol. The molecule has 1 saturated carbocycles. The molecule has 0 bridgehead atoms. The molecular weight excluding hydrogens is 316 g/mol. The Labute approximate surface area is 154 Å². The fourth-order valence-electron chi connectivity index (χ4n) is 3.90. The van der Waals surface area contributed by atoms with Crippen molar-refractivity contribution in [1.29, 1.82) is 0 Å². The summed E-state index contributed by atoms with van der Waals surface area (Å²) < 4.78 is 0. The van der Waals surface area contributed by atoms with E-state index >= 15 is 0 Å². The molecule has 1 rings (SSSR count). The number of rotatable bonds is 16. The first kappa shape index (κ1) is 22.4. The minimum atomic E-state index is -0.718. The van der Waals surface area contributed by atoms with Crippen molar-refractivity contribution in [2.75, 3.05) is 6.61 Å². The third kappa shape index (κ3) is 10.9. The number of aliphatic carboxylic acids is 1. The van der Waals surface area contributed by atoms with Crippen molar-refractivity contribution in [1.82, 2.24) is 0 Å². The molecule has 1 aliphatic carbocycles. The van der Waals surface area contributed by atoms with Crippen LogP contribution >= 0.6 is 0 Å². The molecule has 148 valence electrons. The predicted octanol–water partition coefficient (Wildman–Crippen LogP) is 4.91. The molecule has 25 heavy (non-hydrogen) atoms. The molecule has 0 saturated heterocycles. The van der Waals surface area contributed by atoms with Gasteiger partial charge >= 0.3 is 5.97 Å². The maximum absolute atomic E-state index is 10.8. The highest BCUT2D eigenvalue weighted by atomic mass is 16.4. The second-order valence-electron chi connectivity index (χ2n) is 9.06. The van der Waals surface area contributed by atoms with Gasteiger partial charge in [-0.05, 0) is 55.8 Å². The normalized spacial score (nSPS) is 17.4. The summed E-state index contributed by atoms with van der Waals surface area (Å²) in [5.74, 6) is -0.718. The molecule has 0 aromatic heterocycles. The topological polar surface area (TPSA) is 77.8 Å². The number of carboxylic acids is 1. The van der Waals surface area contributed by atoms with Gasteiger partial charge in [-0.25, -0.2) is 0 Å². The van der Waals surface area contributed by atoms with Crippen LogP contribution in [0.3, 0.4) is 0 Å². The van der Waals surface area contributed by atoms with Gasteiger partial charge in [0.25, 0.3) is 0 Å². The summed E-state index contributed by atoms with van der Waals surface area (Å²) in [5, 5.41) is 28.0. The minimum Gasteiger partial charge on any atom is -0.481 e. The van der Waals surface area contributed by atoms with Crippen LogP contribution in [0, 0.1) is 10.8 Å². The Balaban J connectivity index is 1.93. The first-order valence-electron chi connectivity index (χ1n) is 10.3. The average Bonchev–Trinajstić information content (AvgIpc) is 3.25. The number of hydrogen-bond acceptors (Lipinski definition) is 3. The van der Waals surface area contributed by atoms with Crippen LogP contribution in [0.15, 0.2) is 0 Å². The number of hydrogen-bond donors (Lipinski definition) is 3. The van der Waals surface area contributed by atoms with E-state index in [-0.39, 0.29) is 17.9 Å². The molecule has 1 aliphatic rings. The van der Waals surface area contributed by atoms with Crippen molar-refractivity contribution in [3.05, 3.63) is 0 Å². The molecule has 0 amide bonds. The number of aliphatic hydroxyl groups excluding tert-OH is 2. The Morgan fingerprint density at radius 1 is 1.00 bits per heavy atom. The van der Waals surface area contributed by atoms with E-state index in [1.54, 1.807) is 0 Å². The molecule has 4 heteroatoms. The molecule has 1 atom stereocenters. The van der Waals surface area contributed by atoms with Gasteiger partial charge in [-0.2, -0.15) is 0 Å². The Morgan fingerprint density at radius 2 is 1.60 bits per heavy atom. The molecule has 1 fully saturated rings. The minimum absolute atomic E-state index is 0.126. The van der Waals surface area contributed by atoms with Crippen LogP contribution in [0.4, 0.5) is 0 Å². The van der Waals surface area contributed by atoms with Crippen molar-refractivity contribution >= 4 is 5.97 Å². The zero-order valence-electron chi connectivity index (χ0n) is 16.4. The van der Waals surface area contributed by atoms with Crippen LogP contribution in [0.2, 0.25) is 0 Å². The van der Waals surface area contributed by atoms with Crippen molar-refractivity contribution in [2.45, 2.75) is 110 Å². The van der Waals surface area contributed by atoms with Crippen LogP contribution in [-0.2, 0) is 4.79 Å². The number of aliphatic hydroxyl groups is 2. The van der Waals surface area contributed by atoms with E-state index in [1.807, 2.05) is 13.8 Å². The third-order valence-corrected chi connectivity index (χ3v) is 5.86. The smallest absolute Gasteiger partial charge is 0.303 e. The Kier molecular flexibility index (Phi) is 10.0. The lowest BCUT2D eigenvalue weighted by atomic mass is 9.83. The van der Waals surface area contributed by atoms with Crippen molar-refractivity contribution in [3.8, 4) is 0 Å². The third-order valence-electron chi connectivity index (χ3n) is 5.86. The number of unbranched alkanes of at least 4 members (excludes halogenated alkanes) is 4. The highest BCUT2D eigenvalue weighted by molar-refractivity contribution is 5.67. The van der Waals surface area contributed by atoms with Crippen LogP contribution in [0.5, 0.6) is 0 Å². The maximum Gasteiger partial charge on any atom is 0.303 e. The molecule has 0 aromatic rings. The second kappa shape index (κ2) is 11.2. The Morgan fingerprint density at radius 3 is 2.12 bits per heavy atom. The van der Waals surface area contributed by atoms with E-state index in [4.69, 9.17) is 10.2 Å². The van der Waals surface area contributed by atoms with E-state index in [0.29, 0.717) is 12.0 Å². The monoisotopic (exact) mass is 356 g/mol. The van der Waals surface area contributed by atoms with Gasteiger partial charge in [-0.15, -0.1) is 0 Å². The molecule has 0 radical (unpaired) electrons. The summed E-state index contributed by atoms with van der Waals surface area (Å²) in [6.45, 7) is 4.36. The molecule has 0 aliphatic heterocycles. The van der Waals surface area contributed by atoms with Gasteiger partial charge < -0.3 is 15.3 Å². The van der Waals surface area contributed by atoms with Gasteiger partial charge in [0.15, 0.2) is 0 Å². The van der Waals surface area contributed by atoms with Crippen LogP contribution < -0.4 is 0 Å². The first-order chi connectivity index (χ1) is 11.8. The van der Waals surface area contributed by atoms with E-state index in [1.165, 1.54) is 32.1 Å².